The maximum atomic E-state index is 8.15. The van der Waals surface area contributed by atoms with Gasteiger partial charge in [0.2, 0.25) is 0 Å². The summed E-state index contributed by atoms with van der Waals surface area (Å²) in [5.41, 5.74) is 4.83. The molecular weight excluding hydrogens is 287 g/mol. The highest BCUT2D eigenvalue weighted by molar-refractivity contribution is 5.85. The smallest absolute Gasteiger partial charge is 0.182 e. The lowest BCUT2D eigenvalue weighted by Gasteiger charge is -1.95. The maximum absolute atomic E-state index is 8.15. The van der Waals surface area contributed by atoms with Gasteiger partial charge in [0.05, 0.1) is 26.2 Å². The van der Waals surface area contributed by atoms with Crippen molar-refractivity contribution < 1.29 is 20.1 Å². The van der Waals surface area contributed by atoms with Crippen LogP contribution in [0.5, 0.6) is 0 Å². The van der Waals surface area contributed by atoms with Crippen molar-refractivity contribution in [1.29, 1.82) is 10.8 Å². The predicted octanol–water partition coefficient (Wildman–Crippen LogP) is -0.0887. The number of rotatable bonds is 4. The Morgan fingerprint density at radius 2 is 1.39 bits per heavy atom. The van der Waals surface area contributed by atoms with E-state index in [1.807, 2.05) is 0 Å². The summed E-state index contributed by atoms with van der Waals surface area (Å²) >= 11 is 0. The van der Waals surface area contributed by atoms with Crippen molar-refractivity contribution in [3.8, 4) is 0 Å². The van der Waals surface area contributed by atoms with Crippen LogP contribution in [0.3, 0.4) is 0 Å². The van der Waals surface area contributed by atoms with E-state index in [0.29, 0.717) is 12.8 Å². The molecule has 0 fully saturated rings. The predicted molar refractivity (Wildman–Crippen MR) is 77.7 cm³/mol. The summed E-state index contributed by atoms with van der Waals surface area (Å²) in [6.07, 6.45) is 0.608. The van der Waals surface area contributed by atoms with Crippen molar-refractivity contribution >= 4 is 36.5 Å². The van der Waals surface area contributed by atoms with Crippen molar-refractivity contribution in [3.63, 3.8) is 0 Å². The Labute approximate surface area is 120 Å². The van der Waals surface area contributed by atoms with Crippen LogP contribution in [0.4, 0.5) is 0 Å². The van der Waals surface area contributed by atoms with Gasteiger partial charge in [-0.15, -0.1) is 24.8 Å². The summed E-state index contributed by atoms with van der Waals surface area (Å²) in [5, 5.41) is 36.4. The fourth-order valence-corrected chi connectivity index (χ4v) is 0.324. The molecule has 10 heteroatoms. The topological polar surface area (TPSA) is 179 Å². The van der Waals surface area contributed by atoms with Crippen molar-refractivity contribution in [1.82, 2.24) is 6.15 Å². The summed E-state index contributed by atoms with van der Waals surface area (Å²) in [6.45, 7) is -0.0258. The summed E-state index contributed by atoms with van der Waals surface area (Å²) < 4.78 is 4.41. The minimum absolute atomic E-state index is 0. The number of amidine groups is 1. The molecule has 0 atom stereocenters. The number of aliphatic hydroxyl groups excluding tert-OH is 3. The fourth-order valence-electron chi connectivity index (χ4n) is 0.324. The first-order valence-corrected chi connectivity index (χ1v) is 4.19. The monoisotopic (exact) mass is 312 g/mol. The molecule has 0 aromatic carbocycles. The summed E-state index contributed by atoms with van der Waals surface area (Å²) in [4.78, 5) is 0. The molecule has 0 aliphatic rings. The average Bonchev–Trinajstić information content (AvgIpc) is 2.22. The number of halogens is 2. The Morgan fingerprint density at radius 3 is 1.44 bits per heavy atom. The minimum Gasteiger partial charge on any atom is -0.484 e. The third-order valence-corrected chi connectivity index (χ3v) is 0.966. The number of ether oxygens (including phenoxy) is 1. The molecule has 0 saturated heterocycles. The molecule has 0 radical (unpaired) electrons. The van der Waals surface area contributed by atoms with Gasteiger partial charge in [-0.05, 0) is 0 Å². The highest BCUT2D eigenvalue weighted by Gasteiger charge is 1.88. The molecule has 0 aromatic rings. The van der Waals surface area contributed by atoms with Crippen LogP contribution in [0.25, 0.3) is 0 Å². The molecule has 0 spiro atoms. The van der Waals surface area contributed by atoms with Crippen molar-refractivity contribution in [2.75, 3.05) is 27.4 Å². The van der Waals surface area contributed by atoms with Crippen LogP contribution in [0, 0.1) is 10.8 Å². The van der Waals surface area contributed by atoms with E-state index in [-0.39, 0.29) is 55.9 Å². The van der Waals surface area contributed by atoms with E-state index in [0.717, 1.165) is 7.11 Å². The highest BCUT2D eigenvalue weighted by atomic mass is 35.5. The second-order valence-corrected chi connectivity index (χ2v) is 2.10. The average molecular weight is 313 g/mol. The van der Waals surface area contributed by atoms with Crippen LogP contribution < -0.4 is 11.9 Å². The zero-order chi connectivity index (χ0) is 12.7. The lowest BCUT2D eigenvalue weighted by Crippen LogP contribution is -2.10. The second kappa shape index (κ2) is 36.0. The van der Waals surface area contributed by atoms with Gasteiger partial charge in [0.1, 0.15) is 0 Å². The van der Waals surface area contributed by atoms with Gasteiger partial charge in [0.15, 0.2) is 5.90 Å². The number of hydrogen-bond donors (Lipinski definition) is 7. The molecule has 0 bridgehead atoms. The zero-order valence-corrected chi connectivity index (χ0v) is 12.3. The Kier molecular flexibility index (Phi) is 71.9. The molecule has 0 saturated carbocycles. The molecule has 10 N–H and O–H groups in total. The van der Waals surface area contributed by atoms with E-state index < -0.39 is 0 Å². The number of hydrogen-bond acceptors (Lipinski definition) is 7. The van der Waals surface area contributed by atoms with Crippen LogP contribution in [0.2, 0.25) is 0 Å². The number of methoxy groups -OCH3 is 1. The molecular formula is C8H26Cl2N4O4. The van der Waals surface area contributed by atoms with E-state index in [2.05, 4.69) is 4.74 Å². The van der Waals surface area contributed by atoms with Gasteiger partial charge in [-0.1, -0.05) is 0 Å². The quantitative estimate of drug-likeness (QED) is 0.281. The molecule has 0 rings (SSSR count). The van der Waals surface area contributed by atoms with E-state index in [4.69, 9.17) is 31.9 Å². The van der Waals surface area contributed by atoms with Crippen LogP contribution in [0.15, 0.2) is 0 Å². The Morgan fingerprint density at radius 1 is 1.06 bits per heavy atom. The lowest BCUT2D eigenvalue weighted by molar-refractivity contribution is 0.288. The largest absolute Gasteiger partial charge is 0.484 e. The van der Waals surface area contributed by atoms with Crippen molar-refractivity contribution in [3.05, 3.63) is 0 Å². The normalized spacial score (nSPS) is 6.28. The van der Waals surface area contributed by atoms with E-state index in [1.54, 1.807) is 0 Å². The molecule has 0 unspecified atom stereocenters. The Hall–Kier alpha value is -0.640. The molecule has 8 nitrogen and oxygen atoms in total. The van der Waals surface area contributed by atoms with Crippen molar-refractivity contribution in [2.45, 2.75) is 12.8 Å². The third kappa shape index (κ3) is 58.5. The molecule has 0 aliphatic heterocycles. The Balaban J connectivity index is -0.0000000307. The van der Waals surface area contributed by atoms with E-state index in [1.165, 1.54) is 7.11 Å². The maximum Gasteiger partial charge on any atom is 0.182 e. The molecule has 18 heavy (non-hydrogen) atoms. The first kappa shape index (κ1) is 36.0. The first-order chi connectivity index (χ1) is 7.08. The lowest BCUT2D eigenvalue weighted by atomic mass is 10.4. The van der Waals surface area contributed by atoms with Gasteiger partial charge in [-0.2, -0.15) is 0 Å². The van der Waals surface area contributed by atoms with Gasteiger partial charge >= 0.3 is 0 Å². The van der Waals surface area contributed by atoms with Crippen LogP contribution >= 0.6 is 24.8 Å². The van der Waals surface area contributed by atoms with Gasteiger partial charge in [-0.25, -0.2) is 0 Å². The number of nitrogens with two attached hydrogens (primary N) is 1. The van der Waals surface area contributed by atoms with Crippen molar-refractivity contribution in [2.24, 2.45) is 5.73 Å². The van der Waals surface area contributed by atoms with Gasteiger partial charge in [0, 0.05) is 20.0 Å². The summed E-state index contributed by atoms with van der Waals surface area (Å²) in [6, 6.07) is 0. The van der Waals surface area contributed by atoms with Crippen LogP contribution in [-0.2, 0) is 4.74 Å². The Bertz CT molecular complexity index is 164. The molecule has 0 aliphatic carbocycles. The second-order valence-electron chi connectivity index (χ2n) is 2.10. The van der Waals surface area contributed by atoms with Gasteiger partial charge < -0.3 is 31.9 Å². The van der Waals surface area contributed by atoms with Gasteiger partial charge in [-0.3, -0.25) is 10.8 Å². The van der Waals surface area contributed by atoms with Crippen LogP contribution in [-0.4, -0.2) is 54.5 Å². The molecule has 0 heterocycles. The molecule has 0 aromatic heterocycles. The summed E-state index contributed by atoms with van der Waals surface area (Å²) in [7, 11) is 2.41. The SMILES string of the molecule is CO.COC(=N)CCO.Cl.Cl.N.N=C(N)CCO. The van der Waals surface area contributed by atoms with E-state index in [9.17, 15) is 0 Å². The molecule has 0 amide bonds. The fraction of sp³-hybridized carbons (Fsp3) is 0.750. The molecule has 116 valence electrons. The third-order valence-electron chi connectivity index (χ3n) is 0.966. The highest BCUT2D eigenvalue weighted by Crippen LogP contribution is 1.79. The minimum atomic E-state index is -0.0185. The zero-order valence-electron chi connectivity index (χ0n) is 10.7. The van der Waals surface area contributed by atoms with Crippen LogP contribution in [0.1, 0.15) is 12.8 Å². The standard InChI is InChI=1S/C4H9NO2.C3H8N2O.CH4O.2ClH.H3N/c1-7-4(5)2-3-6;4-3(5)1-2-6;1-2;;;/h5-6H,2-3H2,1H3;6H,1-2H2,(H3,4,5);2H,1H3;2*1H;1H3. The first-order valence-electron chi connectivity index (χ1n) is 4.19. The number of aliphatic hydroxyl groups is 3. The van der Waals surface area contributed by atoms with E-state index >= 15 is 0 Å². The van der Waals surface area contributed by atoms with Gasteiger partial charge in [0.25, 0.3) is 0 Å². The number of nitrogens with one attached hydrogen (secondary N) is 2. The summed E-state index contributed by atoms with van der Waals surface area (Å²) in [5.74, 6) is 0.167.